The summed E-state index contributed by atoms with van der Waals surface area (Å²) < 4.78 is 0. The molecular weight excluding hydrogens is 180 g/mol. The third-order valence-electron chi connectivity index (χ3n) is 2.00. The maximum Gasteiger partial charge on any atom is 0.188 e. The van der Waals surface area contributed by atoms with Gasteiger partial charge in [-0.1, -0.05) is 6.92 Å². The maximum atomic E-state index is 9.47. The maximum absolute atomic E-state index is 9.47. The smallest absolute Gasteiger partial charge is 0.188 e. The predicted octanol–water partition coefficient (Wildman–Crippen LogP) is 1.78. The van der Waals surface area contributed by atoms with Crippen LogP contribution in [0.4, 0.5) is 5.69 Å². The van der Waals surface area contributed by atoms with Crippen LogP contribution in [0, 0.1) is 6.92 Å². The summed E-state index contributed by atoms with van der Waals surface area (Å²) in [6.07, 6.45) is 1.04. The molecule has 1 aromatic carbocycles. The Kier molecular flexibility index (Phi) is 3.59. The van der Waals surface area contributed by atoms with Crippen molar-refractivity contribution in [3.05, 3.63) is 17.7 Å². The Hall–Kier alpha value is -1.42. The first-order valence-electron chi connectivity index (χ1n) is 4.63. The lowest BCUT2D eigenvalue weighted by Crippen LogP contribution is -2.05. The molecule has 4 nitrogen and oxygen atoms in total. The van der Waals surface area contributed by atoms with Crippen LogP contribution < -0.4 is 16.1 Å². The summed E-state index contributed by atoms with van der Waals surface area (Å²) in [7, 11) is 0. The summed E-state index contributed by atoms with van der Waals surface area (Å²) >= 11 is 0. The SMILES string of the molecule is CCCNc1cc(O)c(ON)cc1C. The average Bonchev–Trinajstić information content (AvgIpc) is 2.18. The molecule has 4 heteroatoms. The van der Waals surface area contributed by atoms with Crippen LogP contribution in [0.5, 0.6) is 11.5 Å². The Bertz CT molecular complexity index is 313. The van der Waals surface area contributed by atoms with Gasteiger partial charge in [0.25, 0.3) is 0 Å². The highest BCUT2D eigenvalue weighted by molar-refractivity contribution is 5.59. The zero-order chi connectivity index (χ0) is 10.6. The molecule has 0 amide bonds. The molecule has 0 radical (unpaired) electrons. The highest BCUT2D eigenvalue weighted by Crippen LogP contribution is 2.31. The van der Waals surface area contributed by atoms with E-state index in [0.717, 1.165) is 24.2 Å². The molecule has 0 aromatic heterocycles. The predicted molar refractivity (Wildman–Crippen MR) is 56.4 cm³/mol. The van der Waals surface area contributed by atoms with Gasteiger partial charge in [0.15, 0.2) is 11.5 Å². The van der Waals surface area contributed by atoms with Gasteiger partial charge in [0, 0.05) is 18.3 Å². The van der Waals surface area contributed by atoms with Gasteiger partial charge < -0.3 is 15.3 Å². The van der Waals surface area contributed by atoms with Crippen molar-refractivity contribution in [2.45, 2.75) is 20.3 Å². The van der Waals surface area contributed by atoms with Gasteiger partial charge in [-0.05, 0) is 25.0 Å². The van der Waals surface area contributed by atoms with Gasteiger partial charge in [-0.3, -0.25) is 0 Å². The zero-order valence-corrected chi connectivity index (χ0v) is 8.50. The third kappa shape index (κ3) is 2.29. The fraction of sp³-hybridized carbons (Fsp3) is 0.400. The second kappa shape index (κ2) is 4.72. The van der Waals surface area contributed by atoms with Crippen LogP contribution in [0.3, 0.4) is 0 Å². The summed E-state index contributed by atoms with van der Waals surface area (Å²) in [4.78, 5) is 4.51. The van der Waals surface area contributed by atoms with Crippen molar-refractivity contribution < 1.29 is 9.94 Å². The molecule has 0 saturated carbocycles. The number of nitrogens with one attached hydrogen (secondary N) is 1. The molecule has 0 fully saturated rings. The standard InChI is InChI=1S/C10H16N2O2/c1-3-4-12-8-6-9(13)10(14-11)5-7(8)2/h5-6,12-13H,3-4,11H2,1-2H3. The summed E-state index contributed by atoms with van der Waals surface area (Å²) in [6, 6.07) is 3.32. The molecule has 0 aliphatic rings. The number of hydrogen-bond acceptors (Lipinski definition) is 4. The van der Waals surface area contributed by atoms with E-state index in [-0.39, 0.29) is 5.75 Å². The Morgan fingerprint density at radius 2 is 2.21 bits per heavy atom. The van der Waals surface area contributed by atoms with E-state index in [2.05, 4.69) is 17.1 Å². The van der Waals surface area contributed by atoms with E-state index in [1.807, 2.05) is 6.92 Å². The van der Waals surface area contributed by atoms with Crippen molar-refractivity contribution >= 4 is 5.69 Å². The van der Waals surface area contributed by atoms with Gasteiger partial charge in [-0.25, -0.2) is 0 Å². The first-order valence-corrected chi connectivity index (χ1v) is 4.63. The fourth-order valence-corrected chi connectivity index (χ4v) is 1.21. The van der Waals surface area contributed by atoms with E-state index < -0.39 is 0 Å². The molecule has 1 rings (SSSR count). The van der Waals surface area contributed by atoms with Gasteiger partial charge in [0.1, 0.15) is 0 Å². The molecule has 0 saturated heterocycles. The van der Waals surface area contributed by atoms with Crippen molar-refractivity contribution in [1.82, 2.24) is 0 Å². The number of rotatable bonds is 4. The summed E-state index contributed by atoms with van der Waals surface area (Å²) in [5.74, 6) is 5.34. The van der Waals surface area contributed by atoms with Crippen LogP contribution in [0.2, 0.25) is 0 Å². The third-order valence-corrected chi connectivity index (χ3v) is 2.00. The second-order valence-electron chi connectivity index (χ2n) is 3.18. The number of hydrogen-bond donors (Lipinski definition) is 3. The van der Waals surface area contributed by atoms with Crippen LogP contribution in [-0.2, 0) is 0 Å². The topological polar surface area (TPSA) is 67.5 Å². The number of anilines is 1. The molecule has 0 spiro atoms. The van der Waals surface area contributed by atoms with E-state index in [0.29, 0.717) is 5.75 Å². The van der Waals surface area contributed by atoms with Crippen LogP contribution in [0.25, 0.3) is 0 Å². The first-order chi connectivity index (χ1) is 6.69. The van der Waals surface area contributed by atoms with Gasteiger partial charge in [-0.15, -0.1) is 0 Å². The van der Waals surface area contributed by atoms with Crippen molar-refractivity contribution in [1.29, 1.82) is 0 Å². The van der Waals surface area contributed by atoms with E-state index in [9.17, 15) is 5.11 Å². The minimum Gasteiger partial charge on any atom is -0.504 e. The van der Waals surface area contributed by atoms with Crippen molar-refractivity contribution in [2.75, 3.05) is 11.9 Å². The lowest BCUT2D eigenvalue weighted by atomic mass is 10.1. The fourth-order valence-electron chi connectivity index (χ4n) is 1.21. The van der Waals surface area contributed by atoms with Gasteiger partial charge in [0.05, 0.1) is 0 Å². The molecule has 0 aliphatic heterocycles. The summed E-state index contributed by atoms with van der Waals surface area (Å²) in [6.45, 7) is 4.89. The molecule has 78 valence electrons. The molecule has 0 heterocycles. The molecule has 0 unspecified atom stereocenters. The number of phenols is 1. The molecule has 0 atom stereocenters. The van der Waals surface area contributed by atoms with Crippen LogP contribution >= 0.6 is 0 Å². The minimum absolute atomic E-state index is 0.0525. The van der Waals surface area contributed by atoms with Gasteiger partial charge in [0.2, 0.25) is 0 Å². The van der Waals surface area contributed by atoms with E-state index in [4.69, 9.17) is 5.90 Å². The molecular formula is C10H16N2O2. The molecule has 0 aliphatic carbocycles. The van der Waals surface area contributed by atoms with Crippen molar-refractivity contribution in [3.8, 4) is 11.5 Å². The Balaban J connectivity index is 2.90. The zero-order valence-electron chi connectivity index (χ0n) is 8.50. The monoisotopic (exact) mass is 196 g/mol. The molecule has 1 aromatic rings. The lowest BCUT2D eigenvalue weighted by Gasteiger charge is -2.11. The molecule has 14 heavy (non-hydrogen) atoms. The van der Waals surface area contributed by atoms with Crippen molar-refractivity contribution in [3.63, 3.8) is 0 Å². The number of benzene rings is 1. The molecule has 0 bridgehead atoms. The number of aryl methyl sites for hydroxylation is 1. The van der Waals surface area contributed by atoms with Gasteiger partial charge >= 0.3 is 0 Å². The van der Waals surface area contributed by atoms with Gasteiger partial charge in [-0.2, -0.15) is 5.90 Å². The summed E-state index contributed by atoms with van der Waals surface area (Å²) in [5.41, 5.74) is 1.90. The Morgan fingerprint density at radius 3 is 2.79 bits per heavy atom. The van der Waals surface area contributed by atoms with E-state index >= 15 is 0 Å². The first kappa shape index (κ1) is 10.7. The molecule has 4 N–H and O–H groups in total. The average molecular weight is 196 g/mol. The Morgan fingerprint density at radius 1 is 1.50 bits per heavy atom. The Labute approximate surface area is 83.6 Å². The highest BCUT2D eigenvalue weighted by atomic mass is 16.6. The van der Waals surface area contributed by atoms with Crippen molar-refractivity contribution in [2.24, 2.45) is 5.90 Å². The highest BCUT2D eigenvalue weighted by Gasteiger charge is 2.06. The van der Waals surface area contributed by atoms with Crippen LogP contribution in [0.1, 0.15) is 18.9 Å². The lowest BCUT2D eigenvalue weighted by molar-refractivity contribution is 0.312. The van der Waals surface area contributed by atoms with Crippen LogP contribution in [-0.4, -0.2) is 11.7 Å². The number of nitrogens with two attached hydrogens (primary N) is 1. The quantitative estimate of drug-likeness (QED) is 0.642. The largest absolute Gasteiger partial charge is 0.504 e. The normalized spacial score (nSPS) is 9.93. The number of aromatic hydroxyl groups is 1. The number of phenolic OH excluding ortho intramolecular Hbond substituents is 1. The van der Waals surface area contributed by atoms with Crippen LogP contribution in [0.15, 0.2) is 12.1 Å². The van der Waals surface area contributed by atoms with E-state index in [1.54, 1.807) is 12.1 Å². The summed E-state index contributed by atoms with van der Waals surface area (Å²) in [5, 5.41) is 12.7. The minimum atomic E-state index is 0.0525. The second-order valence-corrected chi connectivity index (χ2v) is 3.18. The van der Waals surface area contributed by atoms with E-state index in [1.165, 1.54) is 0 Å².